The molecule has 2 fully saturated rings. The molecule has 2 saturated heterocycles. The molecule has 0 aromatic heterocycles. The lowest BCUT2D eigenvalue weighted by Gasteiger charge is -2.45. The second kappa shape index (κ2) is 24.0. The largest absolute Gasteiger partial charge is 0.508 e. The lowest BCUT2D eigenvalue weighted by atomic mass is 9.98. The van der Waals surface area contributed by atoms with E-state index in [2.05, 4.69) is 0 Å². The summed E-state index contributed by atoms with van der Waals surface area (Å²) < 4.78 is 61.3. The van der Waals surface area contributed by atoms with Crippen molar-refractivity contribution in [1.29, 1.82) is 0 Å². The van der Waals surface area contributed by atoms with Crippen LogP contribution >= 0.6 is 0 Å². The Hall–Kier alpha value is -7.50. The first-order valence-corrected chi connectivity index (χ1v) is 20.8. The van der Waals surface area contributed by atoms with E-state index in [4.69, 9.17) is 52.1 Å². The maximum atomic E-state index is 13.7. The number of esters is 6. The molecule has 0 radical (unpaired) electrons. The van der Waals surface area contributed by atoms with E-state index in [9.17, 15) is 54.3 Å². The summed E-state index contributed by atoms with van der Waals surface area (Å²) in [6.45, 7) is 0.440. The molecule has 0 unspecified atom stereocenters. The molecule has 2 aliphatic heterocycles. The van der Waals surface area contributed by atoms with E-state index in [-0.39, 0.29) is 28.7 Å². The van der Waals surface area contributed by atoms with E-state index in [1.165, 1.54) is 93.1 Å². The standard InChI is InChI=1S/C47H50O22/c1-25(48)61-23-37-43(64-26(2)49)42(58)44(65-27(3)50)46(66-37)69-47(24-63-39(55)17-10-28-6-13-31(51)14-7-28)45(67-40(56)19-12-30-9-16-33(53)35(21-30)60-5)41(57)36(68-47)22-62-38(54)18-11-29-8-15-32(52)34(20-29)59-4/h6-21,36-37,41-46,51-53,57-58H,22-24H2,1-5H3/b17-10+,18-11+,19-12+/t36-,37-,41-,42+,43-,44-,45+,46-,47+/m1/s1. The van der Waals surface area contributed by atoms with Gasteiger partial charge in [0.05, 0.1) is 14.2 Å². The Kier molecular flexibility index (Phi) is 18.2. The molecule has 0 aliphatic carbocycles. The van der Waals surface area contributed by atoms with Crippen LogP contribution in [0.3, 0.4) is 0 Å². The summed E-state index contributed by atoms with van der Waals surface area (Å²) >= 11 is 0. The van der Waals surface area contributed by atoms with Crippen molar-refractivity contribution in [1.82, 2.24) is 0 Å². The van der Waals surface area contributed by atoms with Gasteiger partial charge in [0.15, 0.2) is 41.3 Å². The fourth-order valence-corrected chi connectivity index (χ4v) is 6.83. The van der Waals surface area contributed by atoms with Gasteiger partial charge in [-0.05, 0) is 71.3 Å². The predicted molar refractivity (Wildman–Crippen MR) is 233 cm³/mol. The number of benzene rings is 3. The number of aliphatic hydroxyl groups is 2. The first-order valence-electron chi connectivity index (χ1n) is 20.8. The Morgan fingerprint density at radius 3 is 1.65 bits per heavy atom. The Morgan fingerprint density at radius 1 is 0.594 bits per heavy atom. The average Bonchev–Trinajstić information content (AvgIpc) is 3.56. The third kappa shape index (κ3) is 14.5. The van der Waals surface area contributed by atoms with Crippen LogP contribution in [0.4, 0.5) is 0 Å². The average molecular weight is 967 g/mol. The summed E-state index contributed by atoms with van der Waals surface area (Å²) in [5.41, 5.74) is 1.20. The van der Waals surface area contributed by atoms with E-state index in [0.717, 1.165) is 39.0 Å². The molecule has 0 amide bonds. The number of methoxy groups -OCH3 is 2. The monoisotopic (exact) mass is 966 g/mol. The normalized spacial score (nSPS) is 24.4. The van der Waals surface area contributed by atoms with Gasteiger partial charge in [0.1, 0.15) is 50.0 Å². The van der Waals surface area contributed by atoms with Gasteiger partial charge >= 0.3 is 35.8 Å². The van der Waals surface area contributed by atoms with Crippen molar-refractivity contribution in [2.45, 2.75) is 75.6 Å². The molecule has 9 atom stereocenters. The number of carbonyl (C=O) groups is 6. The molecule has 3 aromatic carbocycles. The van der Waals surface area contributed by atoms with Gasteiger partial charge in [-0.15, -0.1) is 0 Å². The Balaban J connectivity index is 1.55. The minimum Gasteiger partial charge on any atom is -0.508 e. The third-order valence-corrected chi connectivity index (χ3v) is 10.0. The number of rotatable bonds is 19. The van der Waals surface area contributed by atoms with Crippen LogP contribution in [0.25, 0.3) is 18.2 Å². The summed E-state index contributed by atoms with van der Waals surface area (Å²) in [6.07, 6.45) is -8.28. The Morgan fingerprint density at radius 2 is 1.10 bits per heavy atom. The van der Waals surface area contributed by atoms with Crippen molar-refractivity contribution in [2.75, 3.05) is 34.0 Å². The van der Waals surface area contributed by atoms with E-state index < -0.39 is 110 Å². The van der Waals surface area contributed by atoms with Gasteiger partial charge in [-0.1, -0.05) is 24.3 Å². The second-order valence-corrected chi connectivity index (χ2v) is 15.1. The second-order valence-electron chi connectivity index (χ2n) is 15.1. The van der Waals surface area contributed by atoms with Crippen LogP contribution in [0.1, 0.15) is 37.5 Å². The molecule has 370 valence electrons. The maximum Gasteiger partial charge on any atom is 0.331 e. The van der Waals surface area contributed by atoms with Crippen LogP contribution in [0, 0.1) is 0 Å². The lowest BCUT2D eigenvalue weighted by molar-refractivity contribution is -0.384. The number of carbonyl (C=O) groups excluding carboxylic acids is 6. The molecule has 3 aromatic rings. The molecule has 5 rings (SSSR count). The molecule has 0 saturated carbocycles. The fourth-order valence-electron chi connectivity index (χ4n) is 6.83. The van der Waals surface area contributed by atoms with Crippen molar-refractivity contribution >= 4 is 54.0 Å². The van der Waals surface area contributed by atoms with Gasteiger partial charge in [0.25, 0.3) is 0 Å². The lowest BCUT2D eigenvalue weighted by Crippen LogP contribution is -2.65. The van der Waals surface area contributed by atoms with Crippen LogP contribution in [0.15, 0.2) is 78.9 Å². The van der Waals surface area contributed by atoms with E-state index >= 15 is 0 Å². The van der Waals surface area contributed by atoms with Crippen molar-refractivity contribution in [3.63, 3.8) is 0 Å². The number of aromatic hydroxyl groups is 3. The summed E-state index contributed by atoms with van der Waals surface area (Å²) in [5, 5.41) is 53.2. The fraction of sp³-hybridized carbons (Fsp3) is 0.362. The predicted octanol–water partition coefficient (Wildman–Crippen LogP) is 2.24. The first-order chi connectivity index (χ1) is 32.8. The number of phenols is 3. The quantitative estimate of drug-likeness (QED) is 0.0654. The highest BCUT2D eigenvalue weighted by Gasteiger charge is 2.63. The summed E-state index contributed by atoms with van der Waals surface area (Å²) in [4.78, 5) is 76.7. The third-order valence-electron chi connectivity index (χ3n) is 10.0. The van der Waals surface area contributed by atoms with E-state index in [1.807, 2.05) is 0 Å². The van der Waals surface area contributed by atoms with Gasteiger partial charge in [-0.3, -0.25) is 14.4 Å². The molecule has 0 spiro atoms. The Labute approximate surface area is 393 Å². The molecule has 69 heavy (non-hydrogen) atoms. The molecule has 22 nitrogen and oxygen atoms in total. The highest BCUT2D eigenvalue weighted by molar-refractivity contribution is 5.88. The number of aliphatic hydroxyl groups excluding tert-OH is 2. The van der Waals surface area contributed by atoms with Crippen molar-refractivity contribution in [3.05, 3.63) is 95.6 Å². The van der Waals surface area contributed by atoms with Crippen LogP contribution in [0.2, 0.25) is 0 Å². The van der Waals surface area contributed by atoms with Crippen LogP contribution in [-0.4, -0.2) is 150 Å². The molecule has 5 N–H and O–H groups in total. The van der Waals surface area contributed by atoms with Gasteiger partial charge in [0, 0.05) is 39.0 Å². The number of phenolic OH excluding ortho intramolecular Hbond substituents is 3. The van der Waals surface area contributed by atoms with Crippen molar-refractivity contribution in [3.8, 4) is 28.7 Å². The van der Waals surface area contributed by atoms with Crippen LogP contribution in [0.5, 0.6) is 28.7 Å². The number of hydrogen-bond acceptors (Lipinski definition) is 22. The maximum absolute atomic E-state index is 13.7. The SMILES string of the molecule is COc1cc(/C=C/C(=O)OC[C@H]2O[C@@](COC(=O)/C=C/c3ccc(O)cc3)(O[C@H]3O[C@H](COC(C)=O)[C@@H](OC(C)=O)[C@H](O)[C@H]3OC(C)=O)[C@@H](OC(=O)/C=C/c3ccc(O)c(OC)c3)[C@@H]2O)ccc1O. The highest BCUT2D eigenvalue weighted by Crippen LogP contribution is 2.40. The zero-order valence-corrected chi connectivity index (χ0v) is 37.7. The molecular weight excluding hydrogens is 916 g/mol. The van der Waals surface area contributed by atoms with Crippen molar-refractivity contribution in [2.24, 2.45) is 0 Å². The van der Waals surface area contributed by atoms with Gasteiger partial charge in [-0.25, -0.2) is 14.4 Å². The van der Waals surface area contributed by atoms with Gasteiger partial charge < -0.3 is 77.6 Å². The van der Waals surface area contributed by atoms with Gasteiger partial charge in [-0.2, -0.15) is 0 Å². The van der Waals surface area contributed by atoms with Crippen molar-refractivity contribution < 1.29 is 106 Å². The summed E-state index contributed by atoms with van der Waals surface area (Å²) in [5.74, 6) is -8.98. The van der Waals surface area contributed by atoms with E-state index in [0.29, 0.717) is 16.7 Å². The number of hydrogen-bond donors (Lipinski definition) is 5. The first kappa shape index (κ1) is 52.5. The molecule has 0 bridgehead atoms. The zero-order chi connectivity index (χ0) is 50.4. The minimum atomic E-state index is -2.74. The molecule has 22 heteroatoms. The highest BCUT2D eigenvalue weighted by atomic mass is 16.8. The molecular formula is C47H50O22. The van der Waals surface area contributed by atoms with E-state index in [1.54, 1.807) is 0 Å². The van der Waals surface area contributed by atoms with Crippen LogP contribution in [-0.2, 0) is 71.4 Å². The van der Waals surface area contributed by atoms with Crippen LogP contribution < -0.4 is 9.47 Å². The smallest absolute Gasteiger partial charge is 0.331 e. The summed E-state index contributed by atoms with van der Waals surface area (Å²) in [6, 6.07) is 14.0. The topological polar surface area (TPSA) is 305 Å². The molecule has 2 heterocycles. The minimum absolute atomic E-state index is 0.0466. The molecule has 2 aliphatic rings. The van der Waals surface area contributed by atoms with Gasteiger partial charge in [0.2, 0.25) is 12.1 Å². The summed E-state index contributed by atoms with van der Waals surface area (Å²) in [7, 11) is 2.64. The number of ether oxygens (including phenoxy) is 11. The Bertz CT molecular complexity index is 2410. The zero-order valence-electron chi connectivity index (χ0n) is 37.7.